The lowest BCUT2D eigenvalue weighted by Crippen LogP contribution is -2.42. The molecule has 0 aliphatic heterocycles. The largest absolute Gasteiger partial charge is 0.324 e. The van der Waals surface area contributed by atoms with Gasteiger partial charge in [-0.2, -0.15) is 0 Å². The van der Waals surface area contributed by atoms with Gasteiger partial charge in [0.2, 0.25) is 0 Å². The number of benzene rings is 1. The molecule has 2 nitrogen and oxygen atoms in total. The normalized spacial score (nSPS) is 11.8. The third-order valence-corrected chi connectivity index (χ3v) is 2.48. The fraction of sp³-hybridized carbons (Fsp3) is 0.538. The molecule has 0 atom stereocenters. The van der Waals surface area contributed by atoms with Gasteiger partial charge in [-0.25, -0.2) is 0 Å². The van der Waals surface area contributed by atoms with E-state index in [9.17, 15) is 0 Å². The molecule has 1 aromatic rings. The Morgan fingerprint density at radius 3 is 2.40 bits per heavy atom. The molecule has 1 aromatic carbocycles. The molecule has 15 heavy (non-hydrogen) atoms. The second kappa shape index (κ2) is 4.77. The van der Waals surface area contributed by atoms with Gasteiger partial charge in [-0.15, -0.1) is 0 Å². The summed E-state index contributed by atoms with van der Waals surface area (Å²) in [4.78, 5) is 0. The molecule has 0 aliphatic carbocycles. The standard InChI is InChI=1S/C13H22N2/c1-10-5-6-12(7-11(10)2)8-15-9-13(3,4)14/h5-7,15H,8-9,14H2,1-4H3. The maximum absolute atomic E-state index is 5.89. The summed E-state index contributed by atoms with van der Waals surface area (Å²) in [6.45, 7) is 10.1. The van der Waals surface area contributed by atoms with Crippen molar-refractivity contribution in [3.63, 3.8) is 0 Å². The number of nitrogens with one attached hydrogen (secondary N) is 1. The fourth-order valence-corrected chi connectivity index (χ4v) is 1.44. The second-order valence-corrected chi connectivity index (χ2v) is 5.01. The highest BCUT2D eigenvalue weighted by Gasteiger charge is 2.08. The summed E-state index contributed by atoms with van der Waals surface area (Å²) in [5, 5.41) is 3.36. The first-order valence-corrected chi connectivity index (χ1v) is 5.44. The van der Waals surface area contributed by atoms with Crippen LogP contribution in [0.3, 0.4) is 0 Å². The SMILES string of the molecule is Cc1ccc(CNCC(C)(C)N)cc1C. The summed E-state index contributed by atoms with van der Waals surface area (Å²) < 4.78 is 0. The van der Waals surface area contributed by atoms with Crippen LogP contribution in [0.1, 0.15) is 30.5 Å². The monoisotopic (exact) mass is 206 g/mol. The zero-order chi connectivity index (χ0) is 11.5. The Kier molecular flexibility index (Phi) is 3.89. The number of nitrogens with two attached hydrogens (primary N) is 1. The molecule has 0 aliphatic rings. The van der Waals surface area contributed by atoms with Crippen molar-refractivity contribution in [2.45, 2.75) is 39.8 Å². The maximum atomic E-state index is 5.89. The van der Waals surface area contributed by atoms with Gasteiger partial charge in [-0.3, -0.25) is 0 Å². The Labute approximate surface area is 92.9 Å². The van der Waals surface area contributed by atoms with Gasteiger partial charge in [-0.05, 0) is 44.4 Å². The van der Waals surface area contributed by atoms with Crippen LogP contribution in [0, 0.1) is 13.8 Å². The van der Waals surface area contributed by atoms with Gasteiger partial charge in [0, 0.05) is 18.6 Å². The van der Waals surface area contributed by atoms with Gasteiger partial charge in [0.05, 0.1) is 0 Å². The summed E-state index contributed by atoms with van der Waals surface area (Å²) in [6, 6.07) is 6.56. The minimum atomic E-state index is -0.139. The van der Waals surface area contributed by atoms with E-state index in [-0.39, 0.29) is 5.54 Å². The van der Waals surface area contributed by atoms with Crippen LogP contribution in [-0.4, -0.2) is 12.1 Å². The number of hydrogen-bond donors (Lipinski definition) is 2. The highest BCUT2D eigenvalue weighted by atomic mass is 14.9. The summed E-state index contributed by atoms with van der Waals surface area (Å²) in [7, 11) is 0. The average molecular weight is 206 g/mol. The highest BCUT2D eigenvalue weighted by molar-refractivity contribution is 5.29. The van der Waals surface area contributed by atoms with Crippen molar-refractivity contribution in [2.24, 2.45) is 5.73 Å². The van der Waals surface area contributed by atoms with Crippen LogP contribution < -0.4 is 11.1 Å². The van der Waals surface area contributed by atoms with E-state index in [4.69, 9.17) is 5.73 Å². The molecule has 84 valence electrons. The van der Waals surface area contributed by atoms with Gasteiger partial charge in [0.1, 0.15) is 0 Å². The van der Waals surface area contributed by atoms with E-state index in [1.54, 1.807) is 0 Å². The Bertz CT molecular complexity index is 324. The molecule has 3 N–H and O–H groups in total. The molecular formula is C13H22N2. The summed E-state index contributed by atoms with van der Waals surface area (Å²) in [6.07, 6.45) is 0. The van der Waals surface area contributed by atoms with Gasteiger partial charge in [-0.1, -0.05) is 18.2 Å². The first kappa shape index (κ1) is 12.2. The zero-order valence-electron chi connectivity index (χ0n) is 10.2. The van der Waals surface area contributed by atoms with Gasteiger partial charge in [0.25, 0.3) is 0 Å². The molecule has 0 saturated heterocycles. The molecular weight excluding hydrogens is 184 g/mol. The molecule has 0 bridgehead atoms. The molecule has 0 aromatic heterocycles. The van der Waals surface area contributed by atoms with E-state index in [1.165, 1.54) is 16.7 Å². The van der Waals surface area contributed by atoms with Crippen molar-refractivity contribution in [2.75, 3.05) is 6.54 Å². The van der Waals surface area contributed by atoms with Gasteiger partial charge in [0.15, 0.2) is 0 Å². The summed E-state index contributed by atoms with van der Waals surface area (Å²) >= 11 is 0. The van der Waals surface area contributed by atoms with E-state index in [1.807, 2.05) is 13.8 Å². The minimum Gasteiger partial charge on any atom is -0.324 e. The third-order valence-electron chi connectivity index (χ3n) is 2.48. The maximum Gasteiger partial charge on any atom is 0.0223 e. The Morgan fingerprint density at radius 2 is 1.87 bits per heavy atom. The van der Waals surface area contributed by atoms with Crippen LogP contribution in [0.4, 0.5) is 0 Å². The van der Waals surface area contributed by atoms with E-state index in [2.05, 4.69) is 37.4 Å². The predicted octanol–water partition coefficient (Wildman–Crippen LogP) is 2.13. The Morgan fingerprint density at radius 1 is 1.20 bits per heavy atom. The quantitative estimate of drug-likeness (QED) is 0.792. The Balaban J connectivity index is 2.48. The van der Waals surface area contributed by atoms with E-state index < -0.39 is 0 Å². The van der Waals surface area contributed by atoms with Crippen LogP contribution in [0.2, 0.25) is 0 Å². The smallest absolute Gasteiger partial charge is 0.0223 e. The van der Waals surface area contributed by atoms with E-state index in [0.717, 1.165) is 13.1 Å². The average Bonchev–Trinajstić information content (AvgIpc) is 2.09. The molecule has 0 spiro atoms. The first-order chi connectivity index (χ1) is 6.88. The number of aryl methyl sites for hydroxylation is 2. The van der Waals surface area contributed by atoms with E-state index >= 15 is 0 Å². The van der Waals surface area contributed by atoms with Crippen LogP contribution >= 0.6 is 0 Å². The van der Waals surface area contributed by atoms with Crippen LogP contribution in [-0.2, 0) is 6.54 Å². The lowest BCUT2D eigenvalue weighted by molar-refractivity contribution is 0.466. The highest BCUT2D eigenvalue weighted by Crippen LogP contribution is 2.09. The minimum absolute atomic E-state index is 0.139. The van der Waals surface area contributed by atoms with Crippen molar-refractivity contribution in [3.8, 4) is 0 Å². The summed E-state index contributed by atoms with van der Waals surface area (Å²) in [5.74, 6) is 0. The molecule has 0 fully saturated rings. The first-order valence-electron chi connectivity index (χ1n) is 5.44. The van der Waals surface area contributed by atoms with Crippen LogP contribution in [0.25, 0.3) is 0 Å². The third kappa shape index (κ3) is 4.45. The topological polar surface area (TPSA) is 38.0 Å². The molecule has 1 rings (SSSR count). The van der Waals surface area contributed by atoms with Crippen LogP contribution in [0.15, 0.2) is 18.2 Å². The Hall–Kier alpha value is -0.860. The van der Waals surface area contributed by atoms with Gasteiger partial charge < -0.3 is 11.1 Å². The van der Waals surface area contributed by atoms with Crippen molar-refractivity contribution in [1.29, 1.82) is 0 Å². The number of rotatable bonds is 4. The lowest BCUT2D eigenvalue weighted by atomic mass is 10.1. The molecule has 2 heteroatoms. The van der Waals surface area contributed by atoms with Crippen molar-refractivity contribution < 1.29 is 0 Å². The predicted molar refractivity (Wildman–Crippen MR) is 65.9 cm³/mol. The molecule has 0 radical (unpaired) electrons. The van der Waals surface area contributed by atoms with Crippen molar-refractivity contribution >= 4 is 0 Å². The van der Waals surface area contributed by atoms with Gasteiger partial charge >= 0.3 is 0 Å². The second-order valence-electron chi connectivity index (χ2n) is 5.01. The number of hydrogen-bond acceptors (Lipinski definition) is 2. The van der Waals surface area contributed by atoms with Crippen molar-refractivity contribution in [3.05, 3.63) is 34.9 Å². The molecule has 0 amide bonds. The molecule has 0 saturated carbocycles. The lowest BCUT2D eigenvalue weighted by Gasteiger charge is -2.19. The molecule has 0 unspecified atom stereocenters. The fourth-order valence-electron chi connectivity index (χ4n) is 1.44. The molecule has 0 heterocycles. The van der Waals surface area contributed by atoms with Crippen molar-refractivity contribution in [1.82, 2.24) is 5.32 Å². The zero-order valence-corrected chi connectivity index (χ0v) is 10.2. The van der Waals surface area contributed by atoms with Crippen LogP contribution in [0.5, 0.6) is 0 Å². The summed E-state index contributed by atoms with van der Waals surface area (Å²) in [5.41, 5.74) is 9.77. The van der Waals surface area contributed by atoms with E-state index in [0.29, 0.717) is 0 Å².